The Morgan fingerprint density at radius 2 is 2.14 bits per heavy atom. The molecule has 21 heavy (non-hydrogen) atoms. The smallest absolute Gasteiger partial charge is 0.262 e. The summed E-state index contributed by atoms with van der Waals surface area (Å²) in [5.74, 6) is 0.329. The Labute approximate surface area is 128 Å². The predicted molar refractivity (Wildman–Crippen MR) is 82.0 cm³/mol. The van der Waals surface area contributed by atoms with Crippen molar-refractivity contribution >= 4 is 34.8 Å². The van der Waals surface area contributed by atoms with E-state index in [9.17, 15) is 9.59 Å². The Bertz CT molecular complexity index is 559. The van der Waals surface area contributed by atoms with Crippen molar-refractivity contribution in [3.63, 3.8) is 0 Å². The Morgan fingerprint density at radius 1 is 1.43 bits per heavy atom. The van der Waals surface area contributed by atoms with Gasteiger partial charge in [0.05, 0.1) is 22.9 Å². The van der Waals surface area contributed by atoms with Crippen LogP contribution < -0.4 is 15.4 Å². The molecular weight excluding hydrogens is 294 g/mol. The van der Waals surface area contributed by atoms with Gasteiger partial charge in [0, 0.05) is 19.2 Å². The van der Waals surface area contributed by atoms with Crippen LogP contribution in [0, 0.1) is 0 Å². The SMILES string of the molecule is CCN(CC)C(=O)CNc1cc2c(cc1Cl)NC(=O)CO2. The maximum atomic E-state index is 12.0. The van der Waals surface area contributed by atoms with Gasteiger partial charge in [-0.1, -0.05) is 11.6 Å². The average Bonchev–Trinajstić information content (AvgIpc) is 2.46. The van der Waals surface area contributed by atoms with E-state index in [0.29, 0.717) is 35.2 Å². The monoisotopic (exact) mass is 311 g/mol. The van der Waals surface area contributed by atoms with Crippen molar-refractivity contribution in [2.24, 2.45) is 0 Å². The molecule has 114 valence electrons. The molecule has 0 spiro atoms. The molecule has 1 aliphatic heterocycles. The lowest BCUT2D eigenvalue weighted by Gasteiger charge is -2.21. The highest BCUT2D eigenvalue weighted by Crippen LogP contribution is 2.36. The van der Waals surface area contributed by atoms with Crippen molar-refractivity contribution in [1.82, 2.24) is 4.90 Å². The second-order valence-corrected chi connectivity index (χ2v) is 4.99. The van der Waals surface area contributed by atoms with Crippen LogP contribution in [0.5, 0.6) is 5.75 Å². The van der Waals surface area contributed by atoms with Crippen LogP contribution in [0.2, 0.25) is 5.02 Å². The van der Waals surface area contributed by atoms with Gasteiger partial charge < -0.3 is 20.3 Å². The lowest BCUT2D eigenvalue weighted by Crippen LogP contribution is -2.35. The number of anilines is 2. The third-order valence-electron chi connectivity index (χ3n) is 3.25. The average molecular weight is 312 g/mol. The number of ether oxygens (including phenoxy) is 1. The number of halogens is 1. The normalized spacial score (nSPS) is 13.0. The number of benzene rings is 1. The lowest BCUT2D eigenvalue weighted by molar-refractivity contribution is -0.128. The van der Waals surface area contributed by atoms with E-state index in [4.69, 9.17) is 16.3 Å². The van der Waals surface area contributed by atoms with Crippen LogP contribution in [0.25, 0.3) is 0 Å². The van der Waals surface area contributed by atoms with Gasteiger partial charge in [-0.3, -0.25) is 9.59 Å². The number of nitrogens with one attached hydrogen (secondary N) is 2. The minimum Gasteiger partial charge on any atom is -0.482 e. The van der Waals surface area contributed by atoms with Gasteiger partial charge in [-0.2, -0.15) is 0 Å². The first-order valence-electron chi connectivity index (χ1n) is 6.83. The molecule has 2 amide bonds. The summed E-state index contributed by atoms with van der Waals surface area (Å²) < 4.78 is 5.32. The molecule has 0 fully saturated rings. The first-order valence-corrected chi connectivity index (χ1v) is 7.20. The number of rotatable bonds is 5. The van der Waals surface area contributed by atoms with Crippen molar-refractivity contribution in [3.05, 3.63) is 17.2 Å². The molecule has 0 bridgehead atoms. The van der Waals surface area contributed by atoms with E-state index < -0.39 is 0 Å². The van der Waals surface area contributed by atoms with Gasteiger partial charge >= 0.3 is 0 Å². The summed E-state index contributed by atoms with van der Waals surface area (Å²) in [5, 5.41) is 6.11. The summed E-state index contributed by atoms with van der Waals surface area (Å²) in [6, 6.07) is 3.30. The molecule has 1 heterocycles. The Hall–Kier alpha value is -1.95. The third-order valence-corrected chi connectivity index (χ3v) is 3.56. The van der Waals surface area contributed by atoms with E-state index in [-0.39, 0.29) is 25.0 Å². The van der Waals surface area contributed by atoms with E-state index in [1.807, 2.05) is 13.8 Å². The van der Waals surface area contributed by atoms with Crippen LogP contribution in [0.15, 0.2) is 12.1 Å². The molecule has 6 nitrogen and oxygen atoms in total. The zero-order chi connectivity index (χ0) is 15.4. The molecule has 2 N–H and O–H groups in total. The number of hydrogen-bond donors (Lipinski definition) is 2. The van der Waals surface area contributed by atoms with Crippen molar-refractivity contribution in [2.75, 3.05) is 36.9 Å². The molecule has 0 aromatic heterocycles. The summed E-state index contributed by atoms with van der Waals surface area (Å²) in [5.41, 5.74) is 1.14. The van der Waals surface area contributed by atoms with Crippen molar-refractivity contribution < 1.29 is 14.3 Å². The highest BCUT2D eigenvalue weighted by atomic mass is 35.5. The van der Waals surface area contributed by atoms with Crippen LogP contribution in [-0.2, 0) is 9.59 Å². The van der Waals surface area contributed by atoms with E-state index in [1.54, 1.807) is 17.0 Å². The largest absolute Gasteiger partial charge is 0.482 e. The third kappa shape index (κ3) is 3.58. The summed E-state index contributed by atoms with van der Waals surface area (Å²) in [7, 11) is 0. The van der Waals surface area contributed by atoms with Crippen LogP contribution in [0.4, 0.5) is 11.4 Å². The van der Waals surface area contributed by atoms with Gasteiger partial charge in [0.25, 0.3) is 5.91 Å². The number of fused-ring (bicyclic) bond motifs is 1. The number of carbonyl (C=O) groups is 2. The predicted octanol–water partition coefficient (Wildman–Crippen LogP) is 1.95. The molecule has 0 unspecified atom stereocenters. The fraction of sp³-hybridized carbons (Fsp3) is 0.429. The summed E-state index contributed by atoms with van der Waals surface area (Å²) >= 11 is 6.15. The first kappa shape index (κ1) is 15.4. The molecule has 1 aromatic carbocycles. The van der Waals surface area contributed by atoms with Gasteiger partial charge in [0.15, 0.2) is 6.61 Å². The maximum Gasteiger partial charge on any atom is 0.262 e. The van der Waals surface area contributed by atoms with Crippen molar-refractivity contribution in [2.45, 2.75) is 13.8 Å². The van der Waals surface area contributed by atoms with Crippen LogP contribution >= 0.6 is 11.6 Å². The first-order chi connectivity index (χ1) is 10.0. The molecule has 0 saturated heterocycles. The highest BCUT2D eigenvalue weighted by molar-refractivity contribution is 6.33. The Kier molecular flexibility index (Phi) is 4.90. The highest BCUT2D eigenvalue weighted by Gasteiger charge is 2.18. The lowest BCUT2D eigenvalue weighted by atomic mass is 10.2. The topological polar surface area (TPSA) is 70.7 Å². The molecule has 0 saturated carbocycles. The summed E-state index contributed by atoms with van der Waals surface area (Å²) in [6.45, 7) is 5.35. The van der Waals surface area contributed by atoms with Crippen molar-refractivity contribution in [3.8, 4) is 5.75 Å². The van der Waals surface area contributed by atoms with Gasteiger partial charge in [-0.15, -0.1) is 0 Å². The van der Waals surface area contributed by atoms with Gasteiger partial charge in [0.1, 0.15) is 5.75 Å². The second-order valence-electron chi connectivity index (χ2n) is 4.58. The molecule has 0 radical (unpaired) electrons. The van der Waals surface area contributed by atoms with Gasteiger partial charge in [-0.05, 0) is 19.9 Å². The van der Waals surface area contributed by atoms with Crippen LogP contribution in [0.3, 0.4) is 0 Å². The molecule has 0 aliphatic carbocycles. The molecular formula is C14H18ClN3O3. The maximum absolute atomic E-state index is 12.0. The van der Waals surface area contributed by atoms with E-state index >= 15 is 0 Å². The summed E-state index contributed by atoms with van der Waals surface area (Å²) in [6.07, 6.45) is 0. The van der Waals surface area contributed by atoms with E-state index in [2.05, 4.69) is 10.6 Å². The van der Waals surface area contributed by atoms with E-state index in [0.717, 1.165) is 0 Å². The fourth-order valence-corrected chi connectivity index (χ4v) is 2.32. The van der Waals surface area contributed by atoms with E-state index in [1.165, 1.54) is 0 Å². The Balaban J connectivity index is 2.07. The van der Waals surface area contributed by atoms with Gasteiger partial charge in [-0.25, -0.2) is 0 Å². The minimum absolute atomic E-state index is 0.00279. The number of carbonyl (C=O) groups excluding carboxylic acids is 2. The summed E-state index contributed by atoms with van der Waals surface area (Å²) in [4.78, 5) is 24.9. The number of likely N-dealkylation sites (N-methyl/N-ethyl adjacent to an activating group) is 1. The van der Waals surface area contributed by atoms with Crippen molar-refractivity contribution in [1.29, 1.82) is 0 Å². The number of nitrogens with zero attached hydrogens (tertiary/aromatic N) is 1. The molecule has 7 heteroatoms. The molecule has 2 rings (SSSR count). The fourth-order valence-electron chi connectivity index (χ4n) is 2.09. The molecule has 1 aromatic rings. The quantitative estimate of drug-likeness (QED) is 0.872. The zero-order valence-corrected chi connectivity index (χ0v) is 12.8. The standard InChI is InChI=1S/C14H18ClN3O3/c1-3-18(4-2)14(20)7-16-10-6-12-11(5-9(10)15)17-13(19)8-21-12/h5-6,16H,3-4,7-8H2,1-2H3,(H,17,19). The van der Waals surface area contributed by atoms with Crippen LogP contribution in [0.1, 0.15) is 13.8 Å². The van der Waals surface area contributed by atoms with Gasteiger partial charge in [0.2, 0.25) is 5.91 Å². The molecule has 1 aliphatic rings. The number of amides is 2. The Morgan fingerprint density at radius 3 is 2.81 bits per heavy atom. The minimum atomic E-state index is -0.212. The number of hydrogen-bond acceptors (Lipinski definition) is 4. The van der Waals surface area contributed by atoms with Crippen LogP contribution in [-0.4, -0.2) is 43.0 Å². The zero-order valence-electron chi connectivity index (χ0n) is 12.0. The second kappa shape index (κ2) is 6.67. The molecule has 0 atom stereocenters.